The molecular weight excluding hydrogens is 699 g/mol. The maximum Gasteiger partial charge on any atom is 0.164 e. The molecule has 57 heavy (non-hydrogen) atoms. The van der Waals surface area contributed by atoms with Gasteiger partial charge in [-0.1, -0.05) is 140 Å². The van der Waals surface area contributed by atoms with Gasteiger partial charge < -0.3 is 9.15 Å². The van der Waals surface area contributed by atoms with Gasteiger partial charge in [-0.2, -0.15) is 0 Å². The van der Waals surface area contributed by atoms with E-state index in [1.807, 2.05) is 30.3 Å². The molecule has 12 rings (SSSR count). The molecule has 1 aliphatic carbocycles. The summed E-state index contributed by atoms with van der Waals surface area (Å²) in [5, 5.41) is 8.96. The fourth-order valence-electron chi connectivity index (χ4n) is 9.24. The number of aromatic nitrogens is 3. The minimum Gasteiger partial charge on any atom is -0.485 e. The largest absolute Gasteiger partial charge is 0.485 e. The molecule has 2 unspecified atom stereocenters. The molecule has 0 radical (unpaired) electrons. The molecular formula is C52H33N3O2. The number of rotatable bonds is 4. The fraction of sp³-hybridized carbons (Fsp3) is 0.0577. The minimum absolute atomic E-state index is 0.0446. The number of para-hydroxylation sites is 1. The predicted octanol–water partition coefficient (Wildman–Crippen LogP) is 13.0. The number of fused-ring (bicyclic) bond motifs is 10. The van der Waals surface area contributed by atoms with E-state index in [-0.39, 0.29) is 11.5 Å². The van der Waals surface area contributed by atoms with Gasteiger partial charge in [-0.25, -0.2) is 15.0 Å². The van der Waals surface area contributed by atoms with Crippen LogP contribution in [0.5, 0.6) is 5.75 Å². The molecule has 10 aromatic rings. The van der Waals surface area contributed by atoms with Gasteiger partial charge in [0.05, 0.1) is 5.41 Å². The zero-order valence-electron chi connectivity index (χ0n) is 31.0. The molecule has 1 aliphatic heterocycles. The van der Waals surface area contributed by atoms with E-state index >= 15 is 0 Å². The Morgan fingerprint density at radius 3 is 2.05 bits per heavy atom. The van der Waals surface area contributed by atoms with Crippen molar-refractivity contribution < 1.29 is 9.15 Å². The van der Waals surface area contributed by atoms with E-state index in [2.05, 4.69) is 153 Å². The van der Waals surface area contributed by atoms with Crippen LogP contribution in [0, 0.1) is 0 Å². The van der Waals surface area contributed by atoms with E-state index in [4.69, 9.17) is 24.1 Å². The van der Waals surface area contributed by atoms with Crippen molar-refractivity contribution in [1.82, 2.24) is 15.0 Å². The number of ether oxygens (including phenoxy) is 1. The Labute approximate surface area is 328 Å². The average molecular weight is 732 g/mol. The zero-order chi connectivity index (χ0) is 37.7. The maximum atomic E-state index is 6.52. The lowest BCUT2D eigenvalue weighted by Gasteiger charge is -2.28. The van der Waals surface area contributed by atoms with Crippen LogP contribution in [0.2, 0.25) is 0 Å². The SMILES string of the molecule is CC12C=CC=CC1Oc1cccc(-c3ccc(-c4nc(-c5ccc6c(ccc7ccccc76)c5)nc(-c5cccc6oc7ccccc7c56)n4)c4ccccc34)c12. The molecule has 2 aliphatic rings. The Bertz CT molecular complexity index is 3380. The van der Waals surface area contributed by atoms with Gasteiger partial charge >= 0.3 is 0 Å². The Kier molecular flexibility index (Phi) is 6.76. The highest BCUT2D eigenvalue weighted by Crippen LogP contribution is 2.51. The molecule has 2 atom stereocenters. The summed E-state index contributed by atoms with van der Waals surface area (Å²) in [7, 11) is 0. The molecule has 0 amide bonds. The Balaban J connectivity index is 1.09. The first-order valence-corrected chi connectivity index (χ1v) is 19.4. The standard InChI is InChI=1S/C52H33N3O2/c1-52-29-9-8-22-46(52)57-45-21-10-17-39(48(45)52)38-27-28-40(37-15-5-4-14-36(37)38)50-53-49(33-25-26-35-32(30-33)24-23-31-12-2-3-13-34(31)35)54-51(55-50)42-18-11-20-44-47(42)41-16-6-7-19-43(41)56-44/h2-30,46H,1H3. The van der Waals surface area contributed by atoms with Crippen LogP contribution >= 0.6 is 0 Å². The lowest BCUT2D eigenvalue weighted by molar-refractivity contribution is 0.228. The third-order valence-electron chi connectivity index (χ3n) is 12.0. The highest BCUT2D eigenvalue weighted by atomic mass is 16.5. The minimum atomic E-state index is -0.275. The van der Waals surface area contributed by atoms with E-state index in [1.54, 1.807) is 0 Å². The van der Waals surface area contributed by atoms with Crippen molar-refractivity contribution >= 4 is 54.3 Å². The van der Waals surface area contributed by atoms with Crippen LogP contribution in [0.3, 0.4) is 0 Å². The zero-order valence-corrected chi connectivity index (χ0v) is 31.0. The molecule has 0 fully saturated rings. The first-order valence-electron chi connectivity index (χ1n) is 19.4. The first kappa shape index (κ1) is 31.9. The summed E-state index contributed by atoms with van der Waals surface area (Å²) in [5.41, 5.74) is 7.62. The van der Waals surface area contributed by atoms with Crippen LogP contribution in [0.4, 0.5) is 0 Å². The van der Waals surface area contributed by atoms with Crippen LogP contribution in [0.25, 0.3) is 99.5 Å². The number of nitrogens with zero attached hydrogens (tertiary/aromatic N) is 3. The number of hydrogen-bond donors (Lipinski definition) is 0. The van der Waals surface area contributed by atoms with Gasteiger partial charge in [-0.3, -0.25) is 0 Å². The first-order chi connectivity index (χ1) is 28.1. The van der Waals surface area contributed by atoms with E-state index in [0.717, 1.165) is 66.1 Å². The van der Waals surface area contributed by atoms with Crippen molar-refractivity contribution in [2.45, 2.75) is 18.4 Å². The van der Waals surface area contributed by atoms with Crippen molar-refractivity contribution in [3.05, 3.63) is 182 Å². The Morgan fingerprint density at radius 2 is 1.16 bits per heavy atom. The van der Waals surface area contributed by atoms with Gasteiger partial charge in [-0.05, 0) is 86.8 Å². The van der Waals surface area contributed by atoms with Crippen molar-refractivity contribution in [1.29, 1.82) is 0 Å². The second-order valence-electron chi connectivity index (χ2n) is 15.3. The van der Waals surface area contributed by atoms with Gasteiger partial charge in [0.1, 0.15) is 23.0 Å². The second kappa shape index (κ2) is 12.1. The van der Waals surface area contributed by atoms with Gasteiger partial charge in [0.25, 0.3) is 0 Å². The predicted molar refractivity (Wildman–Crippen MR) is 231 cm³/mol. The van der Waals surface area contributed by atoms with Crippen molar-refractivity contribution in [3.8, 4) is 51.0 Å². The van der Waals surface area contributed by atoms with Gasteiger partial charge in [0.15, 0.2) is 17.5 Å². The summed E-state index contributed by atoms with van der Waals surface area (Å²) in [6, 6.07) is 53.0. The monoisotopic (exact) mass is 731 g/mol. The molecule has 0 N–H and O–H groups in total. The molecule has 8 aromatic carbocycles. The smallest absolute Gasteiger partial charge is 0.164 e. The van der Waals surface area contributed by atoms with Gasteiger partial charge in [0, 0.05) is 33.0 Å². The van der Waals surface area contributed by atoms with E-state index in [0.29, 0.717) is 17.5 Å². The summed E-state index contributed by atoms with van der Waals surface area (Å²) < 4.78 is 12.8. The molecule has 5 nitrogen and oxygen atoms in total. The molecule has 0 spiro atoms. The quantitative estimate of drug-likeness (QED) is 0.169. The highest BCUT2D eigenvalue weighted by Gasteiger charge is 2.45. The number of hydrogen-bond acceptors (Lipinski definition) is 5. The average Bonchev–Trinajstić information content (AvgIpc) is 3.80. The van der Waals surface area contributed by atoms with Crippen LogP contribution in [-0.2, 0) is 5.41 Å². The summed E-state index contributed by atoms with van der Waals surface area (Å²) in [5.74, 6) is 2.74. The van der Waals surface area contributed by atoms with Crippen molar-refractivity contribution in [2.75, 3.05) is 0 Å². The van der Waals surface area contributed by atoms with Crippen molar-refractivity contribution in [2.24, 2.45) is 0 Å². The Hall–Kier alpha value is -7.37. The van der Waals surface area contributed by atoms with Crippen LogP contribution in [0.1, 0.15) is 12.5 Å². The topological polar surface area (TPSA) is 61.0 Å². The molecule has 5 heteroatoms. The van der Waals surface area contributed by atoms with Crippen LogP contribution < -0.4 is 4.74 Å². The van der Waals surface area contributed by atoms with Gasteiger partial charge in [-0.15, -0.1) is 0 Å². The molecule has 0 saturated heterocycles. The molecule has 0 bridgehead atoms. The molecule has 268 valence electrons. The highest BCUT2D eigenvalue weighted by molar-refractivity contribution is 6.12. The number of allylic oxidation sites excluding steroid dienone is 2. The summed E-state index contributed by atoms with van der Waals surface area (Å²) >= 11 is 0. The van der Waals surface area contributed by atoms with Crippen LogP contribution in [-0.4, -0.2) is 21.1 Å². The fourth-order valence-corrected chi connectivity index (χ4v) is 9.24. The summed E-state index contributed by atoms with van der Waals surface area (Å²) in [4.78, 5) is 15.9. The second-order valence-corrected chi connectivity index (χ2v) is 15.3. The summed E-state index contributed by atoms with van der Waals surface area (Å²) in [6.07, 6.45) is 8.60. The van der Waals surface area contributed by atoms with Gasteiger partial charge in [0.2, 0.25) is 0 Å². The Morgan fingerprint density at radius 1 is 0.491 bits per heavy atom. The third kappa shape index (κ3) is 4.79. The lowest BCUT2D eigenvalue weighted by atomic mass is 9.73. The van der Waals surface area contributed by atoms with E-state index in [1.165, 1.54) is 27.3 Å². The van der Waals surface area contributed by atoms with E-state index < -0.39 is 0 Å². The summed E-state index contributed by atoms with van der Waals surface area (Å²) in [6.45, 7) is 2.27. The maximum absolute atomic E-state index is 6.52. The van der Waals surface area contributed by atoms with Crippen molar-refractivity contribution in [3.63, 3.8) is 0 Å². The van der Waals surface area contributed by atoms with Crippen LogP contribution in [0.15, 0.2) is 180 Å². The molecule has 2 aromatic heterocycles. The molecule has 3 heterocycles. The number of furan rings is 1. The normalized spacial score (nSPS) is 17.1. The number of benzene rings is 8. The molecule has 0 saturated carbocycles. The third-order valence-corrected chi connectivity index (χ3v) is 12.0. The lowest BCUT2D eigenvalue weighted by Crippen LogP contribution is -2.33. The van der Waals surface area contributed by atoms with E-state index in [9.17, 15) is 0 Å².